The van der Waals surface area contributed by atoms with E-state index in [1.807, 2.05) is 29.6 Å². The SMILES string of the molecule is COc1ccc(Cl)cc1C(=O)NCc1ccc(-c2cccs2)o1. The van der Waals surface area contributed by atoms with Crippen LogP contribution < -0.4 is 10.1 Å². The van der Waals surface area contributed by atoms with Gasteiger partial charge in [-0.2, -0.15) is 0 Å². The zero-order valence-electron chi connectivity index (χ0n) is 12.3. The molecule has 4 nitrogen and oxygen atoms in total. The fourth-order valence-corrected chi connectivity index (χ4v) is 3.00. The van der Waals surface area contributed by atoms with Gasteiger partial charge in [-0.25, -0.2) is 0 Å². The largest absolute Gasteiger partial charge is 0.496 e. The van der Waals surface area contributed by atoms with Crippen LogP contribution >= 0.6 is 22.9 Å². The number of benzene rings is 1. The van der Waals surface area contributed by atoms with E-state index in [2.05, 4.69) is 5.32 Å². The van der Waals surface area contributed by atoms with Gasteiger partial charge in [0.05, 0.1) is 24.1 Å². The number of furan rings is 1. The van der Waals surface area contributed by atoms with Gasteiger partial charge in [0.15, 0.2) is 0 Å². The van der Waals surface area contributed by atoms with Crippen molar-refractivity contribution >= 4 is 28.8 Å². The maximum absolute atomic E-state index is 12.3. The Morgan fingerprint density at radius 1 is 1.30 bits per heavy atom. The van der Waals surface area contributed by atoms with Crippen LogP contribution in [0, 0.1) is 0 Å². The monoisotopic (exact) mass is 347 g/mol. The van der Waals surface area contributed by atoms with Crippen molar-refractivity contribution in [2.24, 2.45) is 0 Å². The number of methoxy groups -OCH3 is 1. The van der Waals surface area contributed by atoms with E-state index >= 15 is 0 Å². The second kappa shape index (κ2) is 6.89. The molecule has 0 aliphatic heterocycles. The molecular formula is C17H14ClNO3S. The molecule has 0 unspecified atom stereocenters. The Kier molecular flexibility index (Phi) is 4.69. The fourth-order valence-electron chi connectivity index (χ4n) is 2.14. The Labute approximate surface area is 142 Å². The van der Waals surface area contributed by atoms with Crippen LogP contribution in [0.3, 0.4) is 0 Å². The minimum Gasteiger partial charge on any atom is -0.496 e. The zero-order chi connectivity index (χ0) is 16.2. The first kappa shape index (κ1) is 15.6. The van der Waals surface area contributed by atoms with Gasteiger partial charge in [-0.05, 0) is 41.8 Å². The predicted molar refractivity (Wildman–Crippen MR) is 91.2 cm³/mol. The molecule has 1 aromatic carbocycles. The molecule has 2 heterocycles. The van der Waals surface area contributed by atoms with Gasteiger partial charge in [0.2, 0.25) is 0 Å². The van der Waals surface area contributed by atoms with Crippen molar-refractivity contribution < 1.29 is 13.9 Å². The molecule has 23 heavy (non-hydrogen) atoms. The number of nitrogens with one attached hydrogen (secondary N) is 1. The van der Waals surface area contributed by atoms with Crippen LogP contribution in [-0.4, -0.2) is 13.0 Å². The minimum absolute atomic E-state index is 0.265. The summed E-state index contributed by atoms with van der Waals surface area (Å²) in [7, 11) is 1.51. The van der Waals surface area contributed by atoms with E-state index in [1.54, 1.807) is 29.5 Å². The highest BCUT2D eigenvalue weighted by Crippen LogP contribution is 2.27. The Balaban J connectivity index is 1.69. The molecule has 0 bridgehead atoms. The van der Waals surface area contributed by atoms with Crippen LogP contribution in [0.5, 0.6) is 5.75 Å². The number of carbonyl (C=O) groups excluding carboxylic acids is 1. The van der Waals surface area contributed by atoms with Gasteiger partial charge in [-0.3, -0.25) is 4.79 Å². The lowest BCUT2D eigenvalue weighted by Gasteiger charge is -2.09. The number of ether oxygens (including phenoxy) is 1. The molecule has 0 aliphatic rings. The summed E-state index contributed by atoms with van der Waals surface area (Å²) in [5, 5.41) is 5.28. The molecule has 0 radical (unpaired) electrons. The van der Waals surface area contributed by atoms with E-state index in [-0.39, 0.29) is 5.91 Å². The number of hydrogen-bond donors (Lipinski definition) is 1. The van der Waals surface area contributed by atoms with Crippen molar-refractivity contribution in [1.29, 1.82) is 0 Å². The van der Waals surface area contributed by atoms with Gasteiger partial charge >= 0.3 is 0 Å². The Hall–Kier alpha value is -2.24. The Morgan fingerprint density at radius 2 is 2.17 bits per heavy atom. The number of carbonyl (C=O) groups is 1. The van der Waals surface area contributed by atoms with Crippen molar-refractivity contribution in [3.05, 3.63) is 64.2 Å². The average molecular weight is 348 g/mol. The molecule has 0 saturated carbocycles. The number of rotatable bonds is 5. The third-order valence-electron chi connectivity index (χ3n) is 3.26. The van der Waals surface area contributed by atoms with Crippen LogP contribution in [0.4, 0.5) is 0 Å². The van der Waals surface area contributed by atoms with Crippen LogP contribution in [-0.2, 0) is 6.54 Å². The molecule has 1 amide bonds. The summed E-state index contributed by atoms with van der Waals surface area (Å²) in [6.07, 6.45) is 0. The number of thiophene rings is 1. The van der Waals surface area contributed by atoms with E-state index in [1.165, 1.54) is 7.11 Å². The number of amides is 1. The maximum atomic E-state index is 12.3. The summed E-state index contributed by atoms with van der Waals surface area (Å²) in [6.45, 7) is 0.292. The third kappa shape index (κ3) is 3.57. The molecule has 6 heteroatoms. The first-order valence-electron chi connectivity index (χ1n) is 6.91. The molecular weight excluding hydrogens is 334 g/mol. The molecule has 1 N–H and O–H groups in total. The van der Waals surface area contributed by atoms with E-state index in [0.717, 1.165) is 10.6 Å². The lowest BCUT2D eigenvalue weighted by atomic mass is 10.2. The third-order valence-corrected chi connectivity index (χ3v) is 4.37. The fraction of sp³-hybridized carbons (Fsp3) is 0.118. The van der Waals surface area contributed by atoms with E-state index < -0.39 is 0 Å². The van der Waals surface area contributed by atoms with Gasteiger partial charge < -0.3 is 14.5 Å². The molecule has 3 aromatic rings. The van der Waals surface area contributed by atoms with Crippen LogP contribution in [0.15, 0.2) is 52.3 Å². The highest BCUT2D eigenvalue weighted by molar-refractivity contribution is 7.13. The van der Waals surface area contributed by atoms with Crippen molar-refractivity contribution in [1.82, 2.24) is 5.32 Å². The van der Waals surface area contributed by atoms with Gasteiger partial charge in [-0.1, -0.05) is 17.7 Å². The lowest BCUT2D eigenvalue weighted by Crippen LogP contribution is -2.23. The number of halogens is 1. The van der Waals surface area contributed by atoms with E-state index in [9.17, 15) is 4.79 Å². The summed E-state index contributed by atoms with van der Waals surface area (Å²) in [4.78, 5) is 13.4. The highest BCUT2D eigenvalue weighted by Gasteiger charge is 2.13. The first-order valence-corrected chi connectivity index (χ1v) is 8.17. The van der Waals surface area contributed by atoms with E-state index in [0.29, 0.717) is 28.6 Å². The molecule has 118 valence electrons. The predicted octanol–water partition coefficient (Wildman–Crippen LogP) is 4.60. The summed E-state index contributed by atoms with van der Waals surface area (Å²) < 4.78 is 10.9. The molecule has 0 atom stereocenters. The zero-order valence-corrected chi connectivity index (χ0v) is 13.9. The molecule has 3 rings (SSSR count). The maximum Gasteiger partial charge on any atom is 0.255 e. The van der Waals surface area contributed by atoms with Crippen LogP contribution in [0.25, 0.3) is 10.6 Å². The molecule has 0 spiro atoms. The minimum atomic E-state index is -0.265. The second-order valence-electron chi connectivity index (χ2n) is 4.77. The molecule has 0 saturated heterocycles. The van der Waals surface area contributed by atoms with Crippen molar-refractivity contribution in [3.8, 4) is 16.4 Å². The van der Waals surface area contributed by atoms with Crippen molar-refractivity contribution in [2.45, 2.75) is 6.54 Å². The van der Waals surface area contributed by atoms with Gasteiger partial charge in [0.25, 0.3) is 5.91 Å². The van der Waals surface area contributed by atoms with E-state index in [4.69, 9.17) is 20.8 Å². The summed E-state index contributed by atoms with van der Waals surface area (Å²) in [6, 6.07) is 12.6. The average Bonchev–Trinajstić information content (AvgIpc) is 3.23. The van der Waals surface area contributed by atoms with Crippen LogP contribution in [0.2, 0.25) is 5.02 Å². The standard InChI is InChI=1S/C17H14ClNO3S/c1-21-14-6-4-11(18)9-13(14)17(20)19-10-12-5-7-15(22-12)16-3-2-8-23-16/h2-9H,10H2,1H3,(H,19,20). The van der Waals surface area contributed by atoms with Crippen molar-refractivity contribution in [3.63, 3.8) is 0 Å². The van der Waals surface area contributed by atoms with Gasteiger partial charge in [-0.15, -0.1) is 11.3 Å². The summed E-state index contributed by atoms with van der Waals surface area (Å²) >= 11 is 7.55. The first-order chi connectivity index (χ1) is 11.2. The highest BCUT2D eigenvalue weighted by atomic mass is 35.5. The quantitative estimate of drug-likeness (QED) is 0.733. The summed E-state index contributed by atoms with van der Waals surface area (Å²) in [5.74, 6) is 1.69. The number of hydrogen-bond acceptors (Lipinski definition) is 4. The topological polar surface area (TPSA) is 51.5 Å². The molecule has 0 fully saturated rings. The Bertz CT molecular complexity index is 811. The van der Waals surface area contributed by atoms with Crippen molar-refractivity contribution in [2.75, 3.05) is 7.11 Å². The molecule has 0 aliphatic carbocycles. The smallest absolute Gasteiger partial charge is 0.255 e. The normalized spacial score (nSPS) is 10.5. The summed E-state index contributed by atoms with van der Waals surface area (Å²) in [5.41, 5.74) is 0.394. The molecule has 2 aromatic heterocycles. The lowest BCUT2D eigenvalue weighted by molar-refractivity contribution is 0.0945. The second-order valence-corrected chi connectivity index (χ2v) is 6.15. The van der Waals surface area contributed by atoms with Gasteiger partial charge in [0.1, 0.15) is 17.3 Å². The van der Waals surface area contributed by atoms with Gasteiger partial charge in [0, 0.05) is 5.02 Å². The van der Waals surface area contributed by atoms with Crippen LogP contribution in [0.1, 0.15) is 16.1 Å². The Morgan fingerprint density at radius 3 is 2.91 bits per heavy atom.